The minimum absolute atomic E-state index is 0.0336. The summed E-state index contributed by atoms with van der Waals surface area (Å²) in [5.74, 6) is 1.95. The summed E-state index contributed by atoms with van der Waals surface area (Å²) in [6.07, 6.45) is 4.66. The van der Waals surface area contributed by atoms with Crippen molar-refractivity contribution in [2.45, 2.75) is 51.5 Å². The quantitative estimate of drug-likeness (QED) is 0.806. The molecule has 0 aliphatic carbocycles. The van der Waals surface area contributed by atoms with Crippen LogP contribution in [-0.2, 0) is 17.8 Å². The summed E-state index contributed by atoms with van der Waals surface area (Å²) in [6.45, 7) is 6.86. The van der Waals surface area contributed by atoms with Crippen LogP contribution >= 0.6 is 0 Å². The summed E-state index contributed by atoms with van der Waals surface area (Å²) in [5, 5.41) is 11.7. The van der Waals surface area contributed by atoms with Crippen molar-refractivity contribution >= 4 is 5.91 Å². The molecule has 8 heteroatoms. The van der Waals surface area contributed by atoms with Crippen molar-refractivity contribution in [2.75, 3.05) is 26.7 Å². The first-order chi connectivity index (χ1) is 12.5. The number of piperidine rings is 1. The molecule has 142 valence electrons. The lowest BCUT2D eigenvalue weighted by molar-refractivity contribution is -0.130. The molecule has 0 bridgehead atoms. The van der Waals surface area contributed by atoms with Gasteiger partial charge in [0.2, 0.25) is 11.8 Å². The molecular formula is C18H28N6O2. The van der Waals surface area contributed by atoms with E-state index in [1.807, 2.05) is 24.6 Å². The standard InChI is InChI=1S/C18H28N6O2/c1-13(2)18-21-16(22-26-18)7-10-23(3)17(25)12-24-15(6-9-20-24)14-5-4-8-19-11-14/h6,9,13-14,19H,4-5,7-8,10-12H2,1-3H3/t14-/m1/s1. The molecule has 1 saturated heterocycles. The van der Waals surface area contributed by atoms with Crippen molar-refractivity contribution in [1.29, 1.82) is 0 Å². The number of rotatable bonds is 7. The van der Waals surface area contributed by atoms with E-state index in [0.29, 0.717) is 30.6 Å². The molecule has 0 saturated carbocycles. The van der Waals surface area contributed by atoms with Gasteiger partial charge in [-0.25, -0.2) is 0 Å². The molecule has 0 aromatic carbocycles. The molecule has 0 radical (unpaired) electrons. The highest BCUT2D eigenvalue weighted by atomic mass is 16.5. The minimum Gasteiger partial charge on any atom is -0.344 e. The van der Waals surface area contributed by atoms with Gasteiger partial charge < -0.3 is 14.7 Å². The zero-order valence-electron chi connectivity index (χ0n) is 15.8. The summed E-state index contributed by atoms with van der Waals surface area (Å²) in [7, 11) is 1.80. The number of nitrogens with zero attached hydrogens (tertiary/aromatic N) is 5. The molecule has 26 heavy (non-hydrogen) atoms. The van der Waals surface area contributed by atoms with Crippen LogP contribution in [0.4, 0.5) is 0 Å². The first-order valence-electron chi connectivity index (χ1n) is 9.33. The zero-order valence-corrected chi connectivity index (χ0v) is 15.8. The maximum atomic E-state index is 12.6. The van der Waals surface area contributed by atoms with Gasteiger partial charge in [-0.1, -0.05) is 19.0 Å². The van der Waals surface area contributed by atoms with Gasteiger partial charge in [0.15, 0.2) is 5.82 Å². The Morgan fingerprint density at radius 1 is 1.50 bits per heavy atom. The van der Waals surface area contributed by atoms with Crippen molar-refractivity contribution in [1.82, 2.24) is 30.1 Å². The third kappa shape index (κ3) is 4.49. The van der Waals surface area contributed by atoms with Gasteiger partial charge >= 0.3 is 0 Å². The molecule has 0 unspecified atom stereocenters. The highest BCUT2D eigenvalue weighted by molar-refractivity contribution is 5.75. The Morgan fingerprint density at radius 3 is 3.04 bits per heavy atom. The molecule has 0 spiro atoms. The fraction of sp³-hybridized carbons (Fsp3) is 0.667. The lowest BCUT2D eigenvalue weighted by Crippen LogP contribution is -2.34. The van der Waals surface area contributed by atoms with E-state index in [0.717, 1.165) is 31.6 Å². The summed E-state index contributed by atoms with van der Waals surface area (Å²) < 4.78 is 7.04. The number of carbonyl (C=O) groups is 1. The zero-order chi connectivity index (χ0) is 18.5. The topological polar surface area (TPSA) is 89.1 Å². The lowest BCUT2D eigenvalue weighted by Gasteiger charge is -2.24. The Morgan fingerprint density at radius 2 is 2.35 bits per heavy atom. The van der Waals surface area contributed by atoms with Crippen molar-refractivity contribution in [2.24, 2.45) is 0 Å². The number of likely N-dealkylation sites (N-methyl/N-ethyl adjacent to an activating group) is 1. The Bertz CT molecular complexity index is 717. The largest absolute Gasteiger partial charge is 0.344 e. The molecule has 3 rings (SSSR count). The molecule has 3 heterocycles. The minimum atomic E-state index is 0.0336. The van der Waals surface area contributed by atoms with Gasteiger partial charge in [-0.2, -0.15) is 10.1 Å². The highest BCUT2D eigenvalue weighted by Gasteiger charge is 2.21. The van der Waals surface area contributed by atoms with Crippen LogP contribution in [-0.4, -0.2) is 57.4 Å². The van der Waals surface area contributed by atoms with Gasteiger partial charge in [-0.05, 0) is 25.5 Å². The Kier molecular flexibility index (Phi) is 6.03. The molecule has 1 aliphatic heterocycles. The maximum Gasteiger partial charge on any atom is 0.244 e. The van der Waals surface area contributed by atoms with Crippen LogP contribution in [0.2, 0.25) is 0 Å². The van der Waals surface area contributed by atoms with E-state index >= 15 is 0 Å². The van der Waals surface area contributed by atoms with Gasteiger partial charge in [0.1, 0.15) is 6.54 Å². The van der Waals surface area contributed by atoms with Crippen LogP contribution < -0.4 is 5.32 Å². The molecule has 1 aliphatic rings. The smallest absolute Gasteiger partial charge is 0.244 e. The SMILES string of the molecule is CC(C)c1nc(CCN(C)C(=O)Cn2nccc2[C@@H]2CCCNC2)no1. The van der Waals surface area contributed by atoms with E-state index in [-0.39, 0.29) is 18.4 Å². The third-order valence-electron chi connectivity index (χ3n) is 4.82. The molecule has 1 fully saturated rings. The normalized spacial score (nSPS) is 17.6. The van der Waals surface area contributed by atoms with E-state index in [2.05, 4.69) is 20.6 Å². The second-order valence-corrected chi connectivity index (χ2v) is 7.23. The lowest BCUT2D eigenvalue weighted by atomic mass is 9.96. The average Bonchev–Trinajstić information content (AvgIpc) is 3.29. The molecule has 1 amide bonds. The van der Waals surface area contributed by atoms with Crippen LogP contribution in [0.3, 0.4) is 0 Å². The fourth-order valence-corrected chi connectivity index (χ4v) is 3.17. The number of nitrogens with one attached hydrogen (secondary N) is 1. The molecule has 1 atom stereocenters. The van der Waals surface area contributed by atoms with Gasteiger partial charge in [0.25, 0.3) is 0 Å². The van der Waals surface area contributed by atoms with Crippen molar-refractivity contribution in [3.05, 3.63) is 29.7 Å². The van der Waals surface area contributed by atoms with Crippen LogP contribution in [0.5, 0.6) is 0 Å². The average molecular weight is 360 g/mol. The van der Waals surface area contributed by atoms with E-state index < -0.39 is 0 Å². The molecular weight excluding hydrogens is 332 g/mol. The second kappa shape index (κ2) is 8.44. The van der Waals surface area contributed by atoms with Crippen LogP contribution in [0.1, 0.15) is 55.9 Å². The van der Waals surface area contributed by atoms with Crippen LogP contribution in [0.15, 0.2) is 16.8 Å². The first kappa shape index (κ1) is 18.6. The number of amides is 1. The molecule has 8 nitrogen and oxygen atoms in total. The van der Waals surface area contributed by atoms with Gasteiger partial charge in [-0.3, -0.25) is 9.48 Å². The predicted octanol–water partition coefficient (Wildman–Crippen LogP) is 1.56. The van der Waals surface area contributed by atoms with Crippen molar-refractivity contribution in [3.8, 4) is 0 Å². The van der Waals surface area contributed by atoms with Crippen molar-refractivity contribution in [3.63, 3.8) is 0 Å². The number of hydrogen-bond donors (Lipinski definition) is 1. The molecule has 2 aromatic rings. The van der Waals surface area contributed by atoms with Crippen LogP contribution in [0.25, 0.3) is 0 Å². The summed E-state index contributed by atoms with van der Waals surface area (Å²) in [6, 6.07) is 2.03. The number of aromatic nitrogens is 4. The third-order valence-corrected chi connectivity index (χ3v) is 4.82. The summed E-state index contributed by atoms with van der Waals surface area (Å²) in [4.78, 5) is 18.6. The van der Waals surface area contributed by atoms with Crippen molar-refractivity contribution < 1.29 is 9.32 Å². The monoisotopic (exact) mass is 360 g/mol. The summed E-state index contributed by atoms with van der Waals surface area (Å²) >= 11 is 0. The predicted molar refractivity (Wildman–Crippen MR) is 96.8 cm³/mol. The van der Waals surface area contributed by atoms with E-state index in [1.54, 1.807) is 18.1 Å². The molecule has 1 N–H and O–H groups in total. The molecule has 2 aromatic heterocycles. The Labute approximate surface area is 153 Å². The van der Waals surface area contributed by atoms with E-state index in [1.165, 1.54) is 0 Å². The Balaban J connectivity index is 1.53. The first-order valence-corrected chi connectivity index (χ1v) is 9.33. The maximum absolute atomic E-state index is 12.6. The van der Waals surface area contributed by atoms with Gasteiger partial charge in [0, 0.05) is 50.3 Å². The number of carbonyl (C=O) groups excluding carboxylic acids is 1. The highest BCUT2D eigenvalue weighted by Crippen LogP contribution is 2.22. The number of hydrogen-bond acceptors (Lipinski definition) is 6. The Hall–Kier alpha value is -2.22. The fourth-order valence-electron chi connectivity index (χ4n) is 3.17. The van der Waals surface area contributed by atoms with E-state index in [9.17, 15) is 4.79 Å². The van der Waals surface area contributed by atoms with Crippen LogP contribution in [0, 0.1) is 0 Å². The second-order valence-electron chi connectivity index (χ2n) is 7.23. The van der Waals surface area contributed by atoms with E-state index in [4.69, 9.17) is 4.52 Å². The van der Waals surface area contributed by atoms with Gasteiger partial charge in [0.05, 0.1) is 0 Å². The summed E-state index contributed by atoms with van der Waals surface area (Å²) in [5.41, 5.74) is 1.14. The van der Waals surface area contributed by atoms with Gasteiger partial charge in [-0.15, -0.1) is 0 Å².